The fraction of sp³-hybridized carbons (Fsp3) is 0.278. The average Bonchev–Trinajstić information content (AvgIpc) is 3.04. The second-order valence-electron chi connectivity index (χ2n) is 5.98. The molecule has 0 radical (unpaired) electrons. The minimum atomic E-state index is 0.862. The molecule has 0 unspecified atom stereocenters. The number of hydrogen-bond donors (Lipinski definition) is 0. The van der Waals surface area contributed by atoms with E-state index in [2.05, 4.69) is 38.3 Å². The van der Waals surface area contributed by atoms with Crippen molar-refractivity contribution >= 4 is 0 Å². The summed E-state index contributed by atoms with van der Waals surface area (Å²) in [6.07, 6.45) is 7.02. The smallest absolute Gasteiger partial charge is 0.125 e. The summed E-state index contributed by atoms with van der Waals surface area (Å²) >= 11 is 0. The molecule has 0 aliphatic carbocycles. The van der Waals surface area contributed by atoms with Crippen molar-refractivity contribution < 1.29 is 0 Å². The first-order chi connectivity index (χ1) is 11.3. The summed E-state index contributed by atoms with van der Waals surface area (Å²) < 4.78 is 1.93. The molecule has 0 N–H and O–H groups in total. The van der Waals surface area contributed by atoms with Gasteiger partial charge in [0.05, 0.1) is 11.9 Å². The highest BCUT2D eigenvalue weighted by atomic mass is 15.3. The van der Waals surface area contributed by atoms with Gasteiger partial charge in [0.25, 0.3) is 0 Å². The molecule has 5 nitrogen and oxygen atoms in total. The lowest BCUT2D eigenvalue weighted by atomic mass is 10.1. The monoisotopic (exact) mass is 305 g/mol. The van der Waals surface area contributed by atoms with Crippen LogP contribution in [0.2, 0.25) is 0 Å². The number of hydrogen-bond acceptors (Lipinski definition) is 4. The molecule has 5 heteroatoms. The summed E-state index contributed by atoms with van der Waals surface area (Å²) in [5, 5.41) is 4.47. The van der Waals surface area contributed by atoms with Crippen LogP contribution in [-0.2, 0) is 19.5 Å². The Bertz CT molecular complexity index is 809. The summed E-state index contributed by atoms with van der Waals surface area (Å²) in [6.45, 7) is 4.79. The lowest BCUT2D eigenvalue weighted by molar-refractivity contribution is 0.242. The minimum Gasteiger partial charge on any atom is -0.294 e. The number of benzene rings is 1. The van der Waals surface area contributed by atoms with E-state index >= 15 is 0 Å². The lowest BCUT2D eigenvalue weighted by Crippen LogP contribution is -2.30. The summed E-state index contributed by atoms with van der Waals surface area (Å²) in [7, 11) is 0. The van der Waals surface area contributed by atoms with E-state index in [1.165, 1.54) is 16.8 Å². The Morgan fingerprint density at radius 3 is 2.87 bits per heavy atom. The zero-order valence-corrected chi connectivity index (χ0v) is 13.2. The zero-order chi connectivity index (χ0) is 15.6. The van der Waals surface area contributed by atoms with Gasteiger partial charge in [-0.1, -0.05) is 18.2 Å². The maximum absolute atomic E-state index is 4.54. The van der Waals surface area contributed by atoms with Gasteiger partial charge in [0.1, 0.15) is 5.82 Å². The van der Waals surface area contributed by atoms with Gasteiger partial charge in [-0.2, -0.15) is 5.10 Å². The van der Waals surface area contributed by atoms with Crippen LogP contribution in [-0.4, -0.2) is 31.2 Å². The molecule has 0 spiro atoms. The highest BCUT2D eigenvalue weighted by Crippen LogP contribution is 2.18. The van der Waals surface area contributed by atoms with Crippen LogP contribution in [0.25, 0.3) is 5.69 Å². The second-order valence-corrected chi connectivity index (χ2v) is 5.98. The molecule has 0 fully saturated rings. The highest BCUT2D eigenvalue weighted by molar-refractivity contribution is 5.31. The summed E-state index contributed by atoms with van der Waals surface area (Å²) in [4.78, 5) is 11.3. The van der Waals surface area contributed by atoms with E-state index in [9.17, 15) is 0 Å². The Hall–Kier alpha value is -2.53. The predicted octanol–water partition coefficient (Wildman–Crippen LogP) is 2.53. The lowest BCUT2D eigenvalue weighted by Gasteiger charge is -2.27. The molecule has 0 atom stereocenters. The Balaban J connectivity index is 1.47. The molecule has 1 aliphatic rings. The van der Waals surface area contributed by atoms with Crippen molar-refractivity contribution in [2.45, 2.75) is 26.4 Å². The molecule has 116 valence electrons. The molecule has 23 heavy (non-hydrogen) atoms. The van der Waals surface area contributed by atoms with Gasteiger partial charge in [-0.25, -0.2) is 14.6 Å². The van der Waals surface area contributed by atoms with Crippen LogP contribution >= 0.6 is 0 Å². The highest BCUT2D eigenvalue weighted by Gasteiger charge is 2.18. The van der Waals surface area contributed by atoms with E-state index < -0.39 is 0 Å². The first-order valence-corrected chi connectivity index (χ1v) is 7.91. The van der Waals surface area contributed by atoms with Gasteiger partial charge in [0, 0.05) is 55.3 Å². The Morgan fingerprint density at radius 1 is 1.13 bits per heavy atom. The molecular weight excluding hydrogens is 286 g/mol. The summed E-state index contributed by atoms with van der Waals surface area (Å²) in [5.41, 5.74) is 4.77. The molecule has 4 rings (SSSR count). The van der Waals surface area contributed by atoms with Crippen molar-refractivity contribution in [3.63, 3.8) is 0 Å². The van der Waals surface area contributed by atoms with Gasteiger partial charge in [0.15, 0.2) is 0 Å². The van der Waals surface area contributed by atoms with E-state index in [0.717, 1.165) is 37.6 Å². The molecule has 0 amide bonds. The fourth-order valence-electron chi connectivity index (χ4n) is 3.03. The van der Waals surface area contributed by atoms with Crippen LogP contribution in [0.1, 0.15) is 22.6 Å². The van der Waals surface area contributed by atoms with Gasteiger partial charge in [-0.05, 0) is 19.1 Å². The van der Waals surface area contributed by atoms with Gasteiger partial charge in [-0.15, -0.1) is 0 Å². The van der Waals surface area contributed by atoms with Crippen LogP contribution in [0, 0.1) is 6.92 Å². The third-order valence-electron chi connectivity index (χ3n) is 4.20. The van der Waals surface area contributed by atoms with Gasteiger partial charge in [-0.3, -0.25) is 4.90 Å². The van der Waals surface area contributed by atoms with Gasteiger partial charge in [0.2, 0.25) is 0 Å². The van der Waals surface area contributed by atoms with E-state index in [1.807, 2.05) is 42.2 Å². The Morgan fingerprint density at radius 2 is 2.00 bits per heavy atom. The van der Waals surface area contributed by atoms with E-state index in [0.29, 0.717) is 0 Å². The topological polar surface area (TPSA) is 46.8 Å². The molecular formula is C18H19N5. The maximum Gasteiger partial charge on any atom is 0.125 e. The quantitative estimate of drug-likeness (QED) is 0.746. The number of aryl methyl sites for hydroxylation is 1. The van der Waals surface area contributed by atoms with Crippen LogP contribution in [0.3, 0.4) is 0 Å². The van der Waals surface area contributed by atoms with Crippen molar-refractivity contribution in [3.8, 4) is 5.69 Å². The Labute approximate surface area is 135 Å². The molecule has 3 aromatic rings. The third-order valence-corrected chi connectivity index (χ3v) is 4.20. The maximum atomic E-state index is 4.54. The molecule has 1 aliphatic heterocycles. The SMILES string of the molecule is Cc1ncc2c(n1)CCN(Cc1cnn(-c3ccccc3)c1)C2. The standard InChI is InChI=1S/C18H19N5/c1-14-19-10-16-13-22(8-7-18(16)21-14)11-15-9-20-23(12-15)17-5-3-2-4-6-17/h2-6,9-10,12H,7-8,11,13H2,1H3. The number of aromatic nitrogens is 4. The van der Waals surface area contributed by atoms with E-state index in [-0.39, 0.29) is 0 Å². The van der Waals surface area contributed by atoms with Crippen LogP contribution in [0.15, 0.2) is 48.9 Å². The average molecular weight is 305 g/mol. The molecule has 0 saturated heterocycles. The van der Waals surface area contributed by atoms with Crippen molar-refractivity contribution in [1.29, 1.82) is 0 Å². The Kier molecular flexibility index (Phi) is 3.63. The zero-order valence-electron chi connectivity index (χ0n) is 13.2. The fourth-order valence-corrected chi connectivity index (χ4v) is 3.03. The summed E-state index contributed by atoms with van der Waals surface area (Å²) in [5.74, 6) is 0.862. The van der Waals surface area contributed by atoms with Crippen molar-refractivity contribution in [1.82, 2.24) is 24.6 Å². The van der Waals surface area contributed by atoms with Crippen LogP contribution in [0.5, 0.6) is 0 Å². The van der Waals surface area contributed by atoms with Crippen molar-refractivity contribution in [2.75, 3.05) is 6.54 Å². The van der Waals surface area contributed by atoms with Crippen LogP contribution in [0.4, 0.5) is 0 Å². The molecule has 3 heterocycles. The van der Waals surface area contributed by atoms with Gasteiger partial charge < -0.3 is 0 Å². The first-order valence-electron chi connectivity index (χ1n) is 7.91. The molecule has 1 aromatic carbocycles. The van der Waals surface area contributed by atoms with E-state index in [1.54, 1.807) is 0 Å². The van der Waals surface area contributed by atoms with Crippen molar-refractivity contribution in [2.24, 2.45) is 0 Å². The van der Waals surface area contributed by atoms with E-state index in [4.69, 9.17) is 0 Å². The molecule has 0 bridgehead atoms. The van der Waals surface area contributed by atoms with Gasteiger partial charge >= 0.3 is 0 Å². The number of para-hydroxylation sites is 1. The second kappa shape index (κ2) is 5.93. The van der Waals surface area contributed by atoms with Crippen LogP contribution < -0.4 is 0 Å². The number of fused-ring (bicyclic) bond motifs is 1. The molecule has 0 saturated carbocycles. The minimum absolute atomic E-state index is 0.862. The van der Waals surface area contributed by atoms with Crippen molar-refractivity contribution in [3.05, 3.63) is 71.6 Å². The summed E-state index contributed by atoms with van der Waals surface area (Å²) in [6, 6.07) is 10.2. The number of nitrogens with zero attached hydrogens (tertiary/aromatic N) is 5. The predicted molar refractivity (Wildman–Crippen MR) is 88.2 cm³/mol. The molecule has 2 aromatic heterocycles. The normalized spacial score (nSPS) is 14.7. The third kappa shape index (κ3) is 3.00. The first kappa shape index (κ1) is 14.1. The number of rotatable bonds is 3. The largest absolute Gasteiger partial charge is 0.294 e.